The number of rotatable bonds is 6. The minimum atomic E-state index is -0.518. The number of carbonyl (C=O) groups excluding carboxylic acids is 2. The minimum absolute atomic E-state index is 0.135. The van der Waals surface area contributed by atoms with Crippen LogP contribution in [0.2, 0.25) is 0 Å². The number of esters is 1. The molecular formula is C24H19FN2O3. The van der Waals surface area contributed by atoms with Crippen LogP contribution in [0.1, 0.15) is 38.9 Å². The van der Waals surface area contributed by atoms with E-state index in [-0.39, 0.29) is 23.6 Å². The quantitative estimate of drug-likeness (QED) is 0.348. The predicted octanol–water partition coefficient (Wildman–Crippen LogP) is 4.63. The summed E-state index contributed by atoms with van der Waals surface area (Å²) in [5.41, 5.74) is 2.36. The highest BCUT2D eigenvalue weighted by Gasteiger charge is 2.24. The summed E-state index contributed by atoms with van der Waals surface area (Å²) in [5.74, 6) is -1.34. The zero-order valence-corrected chi connectivity index (χ0v) is 16.3. The summed E-state index contributed by atoms with van der Waals surface area (Å²) in [4.78, 5) is 25.8. The summed E-state index contributed by atoms with van der Waals surface area (Å²) in [6.45, 7) is 2.37. The van der Waals surface area contributed by atoms with E-state index in [2.05, 4.69) is 5.10 Å². The van der Waals surface area contributed by atoms with Gasteiger partial charge in [-0.2, -0.15) is 5.10 Å². The van der Waals surface area contributed by atoms with Gasteiger partial charge < -0.3 is 4.74 Å². The predicted molar refractivity (Wildman–Crippen MR) is 111 cm³/mol. The van der Waals surface area contributed by atoms with Crippen LogP contribution in [0.4, 0.5) is 4.39 Å². The highest BCUT2D eigenvalue weighted by Crippen LogP contribution is 2.27. The topological polar surface area (TPSA) is 61.2 Å². The summed E-state index contributed by atoms with van der Waals surface area (Å²) >= 11 is 0. The van der Waals surface area contributed by atoms with Gasteiger partial charge in [0.1, 0.15) is 11.5 Å². The molecule has 0 aliphatic carbocycles. The van der Waals surface area contributed by atoms with Crippen molar-refractivity contribution in [3.63, 3.8) is 0 Å². The lowest BCUT2D eigenvalue weighted by molar-refractivity contribution is 0.0528. The van der Waals surface area contributed by atoms with Gasteiger partial charge in [-0.1, -0.05) is 36.4 Å². The molecule has 4 rings (SSSR count). The lowest BCUT2D eigenvalue weighted by Gasteiger charge is -2.06. The summed E-state index contributed by atoms with van der Waals surface area (Å²) in [6, 6.07) is 20.1. The number of benzene rings is 3. The largest absolute Gasteiger partial charge is 0.462 e. The third-order valence-electron chi connectivity index (χ3n) is 4.77. The molecule has 0 amide bonds. The Balaban J connectivity index is 1.89. The molecule has 6 heteroatoms. The first-order chi connectivity index (χ1) is 14.6. The Morgan fingerprint density at radius 3 is 2.40 bits per heavy atom. The van der Waals surface area contributed by atoms with Gasteiger partial charge in [0, 0.05) is 10.9 Å². The third kappa shape index (κ3) is 3.72. The Labute approximate surface area is 172 Å². The second-order valence-electron chi connectivity index (χ2n) is 6.75. The lowest BCUT2D eigenvalue weighted by Crippen LogP contribution is -2.08. The minimum Gasteiger partial charge on any atom is -0.462 e. The molecular weight excluding hydrogens is 383 g/mol. The van der Waals surface area contributed by atoms with Gasteiger partial charge in [0.15, 0.2) is 0 Å². The monoisotopic (exact) mass is 402 g/mol. The van der Waals surface area contributed by atoms with Gasteiger partial charge in [-0.15, -0.1) is 0 Å². The number of nitrogens with zero attached hydrogens (tertiary/aromatic N) is 2. The highest BCUT2D eigenvalue weighted by atomic mass is 19.1. The number of ketones is 1. The van der Waals surface area contributed by atoms with Crippen LogP contribution in [0, 0.1) is 5.82 Å². The normalized spacial score (nSPS) is 10.9. The molecule has 1 aromatic heterocycles. The molecule has 0 radical (unpaired) electrons. The van der Waals surface area contributed by atoms with Gasteiger partial charge >= 0.3 is 5.97 Å². The molecule has 1 heterocycles. The van der Waals surface area contributed by atoms with E-state index in [0.717, 1.165) is 5.56 Å². The standard InChI is InChI=1S/C24H19FN2O3/c1-2-30-24(29)19-9-6-10-20-21(19)22(23(28)17-11-13-18(25)14-12-17)26-27(20)15-16-7-4-3-5-8-16/h3-14H,2,15H2,1H3. The van der Waals surface area contributed by atoms with Crippen LogP contribution in [0.25, 0.3) is 10.9 Å². The van der Waals surface area contributed by atoms with Gasteiger partial charge in [-0.3, -0.25) is 9.48 Å². The molecule has 0 saturated carbocycles. The number of aromatic nitrogens is 2. The van der Waals surface area contributed by atoms with Crippen molar-refractivity contribution in [2.45, 2.75) is 13.5 Å². The first kappa shape index (κ1) is 19.5. The molecule has 4 aromatic rings. The van der Waals surface area contributed by atoms with Crippen LogP contribution < -0.4 is 0 Å². The number of hydrogen-bond acceptors (Lipinski definition) is 4. The number of fused-ring (bicyclic) bond motifs is 1. The molecule has 0 N–H and O–H groups in total. The van der Waals surface area contributed by atoms with E-state index in [9.17, 15) is 14.0 Å². The molecule has 0 saturated heterocycles. The van der Waals surface area contributed by atoms with E-state index in [1.54, 1.807) is 23.7 Å². The van der Waals surface area contributed by atoms with E-state index < -0.39 is 11.8 Å². The van der Waals surface area contributed by atoms with Gasteiger partial charge in [-0.25, -0.2) is 9.18 Å². The third-order valence-corrected chi connectivity index (χ3v) is 4.77. The van der Waals surface area contributed by atoms with Crippen molar-refractivity contribution in [2.75, 3.05) is 6.61 Å². The van der Waals surface area contributed by atoms with Crippen molar-refractivity contribution in [2.24, 2.45) is 0 Å². The Morgan fingerprint density at radius 2 is 1.70 bits per heavy atom. The summed E-state index contributed by atoms with van der Waals surface area (Å²) < 4.78 is 20.2. The number of ether oxygens (including phenoxy) is 1. The SMILES string of the molecule is CCOC(=O)c1cccc2c1c(C(=O)c1ccc(F)cc1)nn2Cc1ccccc1. The maximum Gasteiger partial charge on any atom is 0.338 e. The van der Waals surface area contributed by atoms with Gasteiger partial charge in [0.2, 0.25) is 5.78 Å². The van der Waals surface area contributed by atoms with E-state index in [1.165, 1.54) is 24.3 Å². The molecule has 0 spiro atoms. The number of halogens is 1. The Hall–Kier alpha value is -3.80. The molecule has 150 valence electrons. The summed E-state index contributed by atoms with van der Waals surface area (Å²) in [6.07, 6.45) is 0. The van der Waals surface area contributed by atoms with Crippen molar-refractivity contribution < 1.29 is 18.7 Å². The Bertz CT molecular complexity index is 1210. The summed E-state index contributed by atoms with van der Waals surface area (Å²) in [7, 11) is 0. The lowest BCUT2D eigenvalue weighted by atomic mass is 10.0. The maximum atomic E-state index is 13.3. The van der Waals surface area contributed by atoms with Crippen molar-refractivity contribution >= 4 is 22.7 Å². The Kier molecular flexibility index (Phi) is 5.39. The molecule has 0 atom stereocenters. The smallest absolute Gasteiger partial charge is 0.338 e. The number of hydrogen-bond donors (Lipinski definition) is 0. The molecule has 3 aromatic carbocycles. The van der Waals surface area contributed by atoms with E-state index in [1.807, 2.05) is 36.4 Å². The van der Waals surface area contributed by atoms with Gasteiger partial charge in [0.25, 0.3) is 0 Å². The summed E-state index contributed by atoms with van der Waals surface area (Å²) in [5, 5.41) is 4.98. The van der Waals surface area contributed by atoms with Crippen molar-refractivity contribution in [3.05, 3.63) is 101 Å². The molecule has 5 nitrogen and oxygen atoms in total. The van der Waals surface area contributed by atoms with Crippen LogP contribution in [-0.4, -0.2) is 28.1 Å². The van der Waals surface area contributed by atoms with E-state index in [4.69, 9.17) is 4.74 Å². The molecule has 0 aliphatic heterocycles. The van der Waals surface area contributed by atoms with E-state index >= 15 is 0 Å². The fourth-order valence-corrected chi connectivity index (χ4v) is 3.38. The van der Waals surface area contributed by atoms with Gasteiger partial charge in [-0.05, 0) is 48.9 Å². The van der Waals surface area contributed by atoms with Crippen molar-refractivity contribution in [1.29, 1.82) is 0 Å². The first-order valence-electron chi connectivity index (χ1n) is 9.59. The van der Waals surface area contributed by atoms with Crippen LogP contribution >= 0.6 is 0 Å². The molecule has 30 heavy (non-hydrogen) atoms. The average molecular weight is 402 g/mol. The van der Waals surface area contributed by atoms with Crippen LogP contribution in [-0.2, 0) is 11.3 Å². The van der Waals surface area contributed by atoms with Gasteiger partial charge in [0.05, 0.1) is 24.2 Å². The van der Waals surface area contributed by atoms with E-state index in [0.29, 0.717) is 23.0 Å². The second kappa shape index (κ2) is 8.29. The van der Waals surface area contributed by atoms with Crippen molar-refractivity contribution in [3.8, 4) is 0 Å². The molecule has 0 unspecified atom stereocenters. The maximum absolute atomic E-state index is 13.3. The second-order valence-corrected chi connectivity index (χ2v) is 6.75. The average Bonchev–Trinajstić information content (AvgIpc) is 3.13. The van der Waals surface area contributed by atoms with Crippen LogP contribution in [0.15, 0.2) is 72.8 Å². The fourth-order valence-electron chi connectivity index (χ4n) is 3.38. The van der Waals surface area contributed by atoms with Crippen molar-refractivity contribution in [1.82, 2.24) is 9.78 Å². The number of carbonyl (C=O) groups is 2. The molecule has 0 fully saturated rings. The Morgan fingerprint density at radius 1 is 0.967 bits per heavy atom. The fraction of sp³-hybridized carbons (Fsp3) is 0.125. The first-order valence-corrected chi connectivity index (χ1v) is 9.59. The van der Waals surface area contributed by atoms with Crippen LogP contribution in [0.5, 0.6) is 0 Å². The molecule has 0 bridgehead atoms. The zero-order valence-electron chi connectivity index (χ0n) is 16.3. The van der Waals surface area contributed by atoms with Crippen LogP contribution in [0.3, 0.4) is 0 Å². The highest BCUT2D eigenvalue weighted by molar-refractivity contribution is 6.19. The zero-order chi connectivity index (χ0) is 21.1. The molecule has 0 aliphatic rings.